The molecule has 0 aliphatic rings. The van der Waals surface area contributed by atoms with Crippen LogP contribution in [0.5, 0.6) is 17.2 Å². The van der Waals surface area contributed by atoms with E-state index in [0.29, 0.717) is 54.9 Å². The lowest BCUT2D eigenvalue weighted by atomic mass is 10.2. The summed E-state index contributed by atoms with van der Waals surface area (Å²) in [4.78, 5) is 8.67. The molecule has 0 bridgehead atoms. The number of phenolic OH excluding ortho intramolecular Hbond substituents is 1. The Morgan fingerprint density at radius 2 is 1.61 bits per heavy atom. The Hall–Kier alpha value is -3.10. The van der Waals surface area contributed by atoms with Crippen LogP contribution in [0.4, 0.5) is 11.5 Å². The van der Waals surface area contributed by atoms with Crippen LogP contribution in [0.3, 0.4) is 0 Å². The number of fused-ring (bicyclic) bond motifs is 1. The summed E-state index contributed by atoms with van der Waals surface area (Å²) >= 11 is 0. The quantitative estimate of drug-likeness (QED) is 0.514. The van der Waals surface area contributed by atoms with Crippen molar-refractivity contribution in [3.63, 3.8) is 0 Å². The van der Waals surface area contributed by atoms with Crippen LogP contribution in [-0.4, -0.2) is 55.7 Å². The molecule has 0 saturated heterocycles. The van der Waals surface area contributed by atoms with Crippen molar-refractivity contribution in [2.75, 3.05) is 46.0 Å². The molecule has 0 spiro atoms. The maximum atomic E-state index is 9.68. The van der Waals surface area contributed by atoms with E-state index in [0.717, 1.165) is 5.39 Å². The van der Waals surface area contributed by atoms with Gasteiger partial charge < -0.3 is 29.4 Å². The number of aromatic nitrogens is 2. The lowest BCUT2D eigenvalue weighted by Gasteiger charge is -2.15. The molecule has 2 N–H and O–H groups in total. The highest BCUT2D eigenvalue weighted by molar-refractivity contribution is 5.93. The third kappa shape index (κ3) is 4.99. The Labute approximate surface area is 163 Å². The minimum Gasteiger partial charge on any atom is -0.508 e. The molecular weight excluding hydrogens is 362 g/mol. The zero-order chi connectivity index (χ0) is 19.8. The summed E-state index contributed by atoms with van der Waals surface area (Å²) in [6.07, 6.45) is 1.47. The molecule has 1 heterocycles. The first-order valence-corrected chi connectivity index (χ1v) is 8.79. The highest BCUT2D eigenvalue weighted by Gasteiger charge is 2.13. The molecule has 0 aliphatic heterocycles. The van der Waals surface area contributed by atoms with Gasteiger partial charge in [0.25, 0.3) is 0 Å². The van der Waals surface area contributed by atoms with Crippen molar-refractivity contribution >= 4 is 22.4 Å². The summed E-state index contributed by atoms with van der Waals surface area (Å²) in [7, 11) is 3.23. The fourth-order valence-electron chi connectivity index (χ4n) is 2.58. The molecule has 0 atom stereocenters. The number of aromatic hydroxyl groups is 1. The van der Waals surface area contributed by atoms with Gasteiger partial charge in [-0.2, -0.15) is 0 Å². The fourth-order valence-corrected chi connectivity index (χ4v) is 2.58. The first kappa shape index (κ1) is 19.7. The first-order chi connectivity index (χ1) is 13.7. The van der Waals surface area contributed by atoms with E-state index in [1.807, 2.05) is 18.2 Å². The van der Waals surface area contributed by atoms with Crippen LogP contribution in [0.1, 0.15) is 0 Å². The summed E-state index contributed by atoms with van der Waals surface area (Å²) in [6, 6.07) is 10.5. The molecule has 3 aromatic rings. The van der Waals surface area contributed by atoms with Crippen molar-refractivity contribution in [1.29, 1.82) is 0 Å². The third-order valence-electron chi connectivity index (χ3n) is 3.90. The van der Waals surface area contributed by atoms with Crippen LogP contribution in [0.25, 0.3) is 10.9 Å². The SMILES string of the molecule is COCCOc1cc2ncnc(Nc3cccc(O)c3)c2cc1OCCOC. The van der Waals surface area contributed by atoms with Gasteiger partial charge in [-0.3, -0.25) is 0 Å². The normalized spacial score (nSPS) is 10.8. The van der Waals surface area contributed by atoms with Crippen LogP contribution < -0.4 is 14.8 Å². The van der Waals surface area contributed by atoms with Crippen LogP contribution in [0.15, 0.2) is 42.7 Å². The highest BCUT2D eigenvalue weighted by atomic mass is 16.5. The smallest absolute Gasteiger partial charge is 0.163 e. The zero-order valence-electron chi connectivity index (χ0n) is 15.8. The molecule has 3 rings (SSSR count). The second kappa shape index (κ2) is 9.72. The molecule has 0 fully saturated rings. The predicted octanol–water partition coefficient (Wildman–Crippen LogP) is 3.13. The van der Waals surface area contributed by atoms with Crippen molar-refractivity contribution in [2.24, 2.45) is 0 Å². The van der Waals surface area contributed by atoms with Gasteiger partial charge in [0, 0.05) is 37.4 Å². The van der Waals surface area contributed by atoms with E-state index in [1.165, 1.54) is 6.33 Å². The number of methoxy groups -OCH3 is 2. The number of nitrogens with one attached hydrogen (secondary N) is 1. The van der Waals surface area contributed by atoms with Crippen molar-refractivity contribution in [3.05, 3.63) is 42.7 Å². The number of phenols is 1. The van der Waals surface area contributed by atoms with Crippen molar-refractivity contribution in [2.45, 2.75) is 0 Å². The molecule has 0 amide bonds. The largest absolute Gasteiger partial charge is 0.508 e. The summed E-state index contributed by atoms with van der Waals surface area (Å²) in [5, 5.41) is 13.6. The number of hydrogen-bond acceptors (Lipinski definition) is 8. The molecule has 0 saturated carbocycles. The van der Waals surface area contributed by atoms with E-state index in [1.54, 1.807) is 32.4 Å². The minimum absolute atomic E-state index is 0.167. The van der Waals surface area contributed by atoms with Crippen molar-refractivity contribution in [3.8, 4) is 17.2 Å². The maximum Gasteiger partial charge on any atom is 0.163 e. The minimum atomic E-state index is 0.167. The van der Waals surface area contributed by atoms with Gasteiger partial charge >= 0.3 is 0 Å². The zero-order valence-corrected chi connectivity index (χ0v) is 15.8. The fraction of sp³-hybridized carbons (Fsp3) is 0.300. The number of anilines is 2. The Kier molecular flexibility index (Phi) is 6.83. The Bertz CT molecular complexity index is 919. The van der Waals surface area contributed by atoms with E-state index < -0.39 is 0 Å². The average Bonchev–Trinajstić information content (AvgIpc) is 2.69. The molecule has 8 heteroatoms. The topological polar surface area (TPSA) is 95.0 Å². The van der Waals surface area contributed by atoms with Crippen LogP contribution in [0, 0.1) is 0 Å². The van der Waals surface area contributed by atoms with E-state index in [-0.39, 0.29) is 5.75 Å². The molecule has 8 nitrogen and oxygen atoms in total. The van der Waals surface area contributed by atoms with E-state index in [4.69, 9.17) is 18.9 Å². The number of hydrogen-bond donors (Lipinski definition) is 2. The molecule has 2 aromatic carbocycles. The van der Waals surface area contributed by atoms with Crippen LogP contribution in [0.2, 0.25) is 0 Å². The lowest BCUT2D eigenvalue weighted by Crippen LogP contribution is -2.09. The standard InChI is InChI=1S/C20H23N3O5/c1-25-6-8-27-18-11-16-17(12-19(18)28-9-7-26-2)21-13-22-20(16)23-14-4-3-5-15(24)10-14/h3-5,10-13,24H,6-9H2,1-2H3,(H,21,22,23). The van der Waals surface area contributed by atoms with E-state index >= 15 is 0 Å². The van der Waals surface area contributed by atoms with Gasteiger partial charge in [-0.25, -0.2) is 9.97 Å². The van der Waals surface area contributed by atoms with Crippen LogP contribution in [-0.2, 0) is 9.47 Å². The number of nitrogens with zero attached hydrogens (tertiary/aromatic N) is 2. The van der Waals surface area contributed by atoms with Crippen LogP contribution >= 0.6 is 0 Å². The molecule has 0 radical (unpaired) electrons. The monoisotopic (exact) mass is 385 g/mol. The molecule has 28 heavy (non-hydrogen) atoms. The molecular formula is C20H23N3O5. The average molecular weight is 385 g/mol. The third-order valence-corrected chi connectivity index (χ3v) is 3.90. The second-order valence-corrected chi connectivity index (χ2v) is 5.90. The predicted molar refractivity (Wildman–Crippen MR) is 106 cm³/mol. The highest BCUT2D eigenvalue weighted by Crippen LogP contribution is 2.35. The van der Waals surface area contributed by atoms with Gasteiger partial charge in [0.2, 0.25) is 0 Å². The summed E-state index contributed by atoms with van der Waals surface area (Å²) in [5.74, 6) is 1.90. The Balaban J connectivity index is 1.95. The van der Waals surface area contributed by atoms with Gasteiger partial charge in [-0.1, -0.05) is 6.07 Å². The van der Waals surface area contributed by atoms with Gasteiger partial charge in [0.05, 0.1) is 18.7 Å². The van der Waals surface area contributed by atoms with Gasteiger partial charge in [0.1, 0.15) is 31.1 Å². The number of benzene rings is 2. The van der Waals surface area contributed by atoms with E-state index in [9.17, 15) is 5.11 Å². The van der Waals surface area contributed by atoms with Gasteiger partial charge in [0.15, 0.2) is 11.5 Å². The van der Waals surface area contributed by atoms with Crippen molar-refractivity contribution < 1.29 is 24.1 Å². The van der Waals surface area contributed by atoms with E-state index in [2.05, 4.69) is 15.3 Å². The lowest BCUT2D eigenvalue weighted by molar-refractivity contribution is 0.132. The number of rotatable bonds is 10. The Morgan fingerprint density at radius 3 is 2.29 bits per heavy atom. The molecule has 0 unspecified atom stereocenters. The Morgan fingerprint density at radius 1 is 0.893 bits per heavy atom. The second-order valence-electron chi connectivity index (χ2n) is 5.90. The van der Waals surface area contributed by atoms with Crippen molar-refractivity contribution in [1.82, 2.24) is 9.97 Å². The molecule has 0 aliphatic carbocycles. The summed E-state index contributed by atoms with van der Waals surface area (Å²) in [5.41, 5.74) is 1.41. The maximum absolute atomic E-state index is 9.68. The molecule has 1 aromatic heterocycles. The summed E-state index contributed by atoms with van der Waals surface area (Å²) < 4.78 is 21.7. The first-order valence-electron chi connectivity index (χ1n) is 8.79. The van der Waals surface area contributed by atoms with Gasteiger partial charge in [-0.05, 0) is 18.2 Å². The molecule has 148 valence electrons. The van der Waals surface area contributed by atoms with Gasteiger partial charge in [-0.15, -0.1) is 0 Å². The summed E-state index contributed by atoms with van der Waals surface area (Å²) in [6.45, 7) is 1.69. The number of ether oxygens (including phenoxy) is 4.